The van der Waals surface area contributed by atoms with E-state index in [1.54, 1.807) is 13.4 Å². The van der Waals surface area contributed by atoms with Crippen molar-refractivity contribution in [1.82, 2.24) is 5.32 Å². The Labute approximate surface area is 141 Å². The molecule has 0 bridgehead atoms. The lowest BCUT2D eigenvalue weighted by Gasteiger charge is -2.09. The summed E-state index contributed by atoms with van der Waals surface area (Å²) in [4.78, 5) is 12.2. The Morgan fingerprint density at radius 1 is 1.04 bits per heavy atom. The Morgan fingerprint density at radius 3 is 2.54 bits per heavy atom. The van der Waals surface area contributed by atoms with Gasteiger partial charge in [-0.15, -0.1) is 0 Å². The topological polar surface area (TPSA) is 51.5 Å². The van der Waals surface area contributed by atoms with E-state index >= 15 is 0 Å². The molecule has 0 atom stereocenters. The van der Waals surface area contributed by atoms with Gasteiger partial charge in [0.05, 0.1) is 19.8 Å². The maximum absolute atomic E-state index is 12.2. The summed E-state index contributed by atoms with van der Waals surface area (Å²) in [5.41, 5.74) is 2.97. The Balaban J connectivity index is 1.62. The molecule has 0 aliphatic carbocycles. The van der Waals surface area contributed by atoms with Gasteiger partial charge in [0.1, 0.15) is 11.5 Å². The Bertz CT molecular complexity index is 792. The fourth-order valence-electron chi connectivity index (χ4n) is 2.53. The van der Waals surface area contributed by atoms with Crippen molar-refractivity contribution in [2.24, 2.45) is 0 Å². The number of amides is 1. The first-order valence-electron chi connectivity index (χ1n) is 7.77. The summed E-state index contributed by atoms with van der Waals surface area (Å²) < 4.78 is 10.6. The summed E-state index contributed by atoms with van der Waals surface area (Å²) in [7, 11) is 1.62. The molecule has 1 N–H and O–H groups in total. The molecule has 0 aliphatic rings. The number of rotatable bonds is 6. The molecule has 4 heteroatoms. The molecule has 0 fully saturated rings. The van der Waals surface area contributed by atoms with Gasteiger partial charge >= 0.3 is 0 Å². The smallest absolute Gasteiger partial charge is 0.224 e. The normalized spacial score (nSPS) is 10.4. The van der Waals surface area contributed by atoms with Gasteiger partial charge in [-0.05, 0) is 35.4 Å². The molecule has 0 saturated heterocycles. The monoisotopic (exact) mass is 321 g/mol. The standard InChI is InChI=1S/C20H19NO3/c1-23-17-10-8-15(9-11-17)13-20(22)21-14-16-5-2-3-6-18(16)19-7-4-12-24-19/h2-12H,13-14H2,1H3,(H,21,22). The molecule has 122 valence electrons. The predicted octanol–water partition coefficient (Wildman–Crippen LogP) is 3.81. The number of benzene rings is 2. The molecule has 1 heterocycles. The minimum absolute atomic E-state index is 0.0191. The summed E-state index contributed by atoms with van der Waals surface area (Å²) >= 11 is 0. The number of methoxy groups -OCH3 is 1. The van der Waals surface area contributed by atoms with Crippen molar-refractivity contribution in [3.63, 3.8) is 0 Å². The molecular formula is C20H19NO3. The highest BCUT2D eigenvalue weighted by atomic mass is 16.5. The van der Waals surface area contributed by atoms with E-state index in [-0.39, 0.29) is 5.91 Å². The minimum Gasteiger partial charge on any atom is -0.497 e. The van der Waals surface area contributed by atoms with Crippen molar-refractivity contribution in [2.45, 2.75) is 13.0 Å². The largest absolute Gasteiger partial charge is 0.497 e. The van der Waals surface area contributed by atoms with Crippen molar-refractivity contribution in [1.29, 1.82) is 0 Å². The van der Waals surface area contributed by atoms with Crippen LogP contribution in [0.25, 0.3) is 11.3 Å². The lowest BCUT2D eigenvalue weighted by molar-refractivity contribution is -0.120. The second kappa shape index (κ2) is 7.51. The summed E-state index contributed by atoms with van der Waals surface area (Å²) in [5, 5.41) is 2.97. The number of ether oxygens (including phenoxy) is 1. The third-order valence-electron chi connectivity index (χ3n) is 3.80. The van der Waals surface area contributed by atoms with Gasteiger partial charge < -0.3 is 14.5 Å². The Morgan fingerprint density at radius 2 is 1.83 bits per heavy atom. The van der Waals surface area contributed by atoms with Gasteiger partial charge in [-0.25, -0.2) is 0 Å². The maximum Gasteiger partial charge on any atom is 0.224 e. The quantitative estimate of drug-likeness (QED) is 0.751. The van der Waals surface area contributed by atoms with Gasteiger partial charge in [0, 0.05) is 12.1 Å². The lowest BCUT2D eigenvalue weighted by atomic mass is 10.1. The van der Waals surface area contributed by atoms with Crippen molar-refractivity contribution in [2.75, 3.05) is 7.11 Å². The van der Waals surface area contributed by atoms with Crippen LogP contribution < -0.4 is 10.1 Å². The third-order valence-corrected chi connectivity index (χ3v) is 3.80. The molecule has 2 aromatic carbocycles. The molecule has 4 nitrogen and oxygen atoms in total. The molecule has 1 amide bonds. The average molecular weight is 321 g/mol. The lowest BCUT2D eigenvalue weighted by Crippen LogP contribution is -2.24. The van der Waals surface area contributed by atoms with Crippen molar-refractivity contribution >= 4 is 5.91 Å². The van der Waals surface area contributed by atoms with Crippen molar-refractivity contribution in [3.8, 4) is 17.1 Å². The van der Waals surface area contributed by atoms with Crippen LogP contribution in [0, 0.1) is 0 Å². The van der Waals surface area contributed by atoms with Crippen LogP contribution in [0.1, 0.15) is 11.1 Å². The number of hydrogen-bond acceptors (Lipinski definition) is 3. The molecule has 1 aromatic heterocycles. The van der Waals surface area contributed by atoms with E-state index in [0.717, 1.165) is 28.2 Å². The van der Waals surface area contributed by atoms with Gasteiger partial charge in [0.15, 0.2) is 0 Å². The van der Waals surface area contributed by atoms with E-state index in [2.05, 4.69) is 5.32 Å². The van der Waals surface area contributed by atoms with E-state index in [0.29, 0.717) is 13.0 Å². The van der Waals surface area contributed by atoms with Crippen LogP contribution in [0.4, 0.5) is 0 Å². The Hall–Kier alpha value is -3.01. The van der Waals surface area contributed by atoms with E-state index in [4.69, 9.17) is 9.15 Å². The first-order valence-corrected chi connectivity index (χ1v) is 7.77. The van der Waals surface area contributed by atoms with E-state index in [1.165, 1.54) is 0 Å². The molecule has 0 saturated carbocycles. The third kappa shape index (κ3) is 3.84. The van der Waals surface area contributed by atoms with E-state index in [1.807, 2.05) is 60.7 Å². The molecule has 0 aliphatic heterocycles. The van der Waals surface area contributed by atoms with Gasteiger partial charge in [-0.3, -0.25) is 4.79 Å². The van der Waals surface area contributed by atoms with E-state index < -0.39 is 0 Å². The molecule has 3 rings (SSSR count). The highest BCUT2D eigenvalue weighted by molar-refractivity contribution is 5.79. The minimum atomic E-state index is -0.0191. The summed E-state index contributed by atoms with van der Waals surface area (Å²) in [6.07, 6.45) is 1.99. The number of carbonyl (C=O) groups is 1. The predicted molar refractivity (Wildman–Crippen MR) is 92.7 cm³/mol. The van der Waals surface area contributed by atoms with Gasteiger partial charge in [-0.1, -0.05) is 36.4 Å². The van der Waals surface area contributed by atoms with Crippen LogP contribution in [-0.2, 0) is 17.8 Å². The van der Waals surface area contributed by atoms with Crippen LogP contribution in [0.3, 0.4) is 0 Å². The maximum atomic E-state index is 12.2. The average Bonchev–Trinajstić information content (AvgIpc) is 3.15. The second-order valence-electron chi connectivity index (χ2n) is 5.44. The van der Waals surface area contributed by atoms with Crippen LogP contribution in [-0.4, -0.2) is 13.0 Å². The van der Waals surface area contributed by atoms with Gasteiger partial charge in [0.2, 0.25) is 5.91 Å². The zero-order chi connectivity index (χ0) is 16.8. The molecule has 0 unspecified atom stereocenters. The van der Waals surface area contributed by atoms with Crippen molar-refractivity contribution < 1.29 is 13.9 Å². The summed E-state index contributed by atoms with van der Waals surface area (Å²) in [5.74, 6) is 1.57. The zero-order valence-electron chi connectivity index (χ0n) is 13.5. The van der Waals surface area contributed by atoms with Gasteiger partial charge in [-0.2, -0.15) is 0 Å². The van der Waals surface area contributed by atoms with Crippen LogP contribution >= 0.6 is 0 Å². The summed E-state index contributed by atoms with van der Waals surface area (Å²) in [6, 6.07) is 19.2. The van der Waals surface area contributed by atoms with Crippen molar-refractivity contribution in [3.05, 3.63) is 78.1 Å². The van der Waals surface area contributed by atoms with Gasteiger partial charge in [0.25, 0.3) is 0 Å². The van der Waals surface area contributed by atoms with Crippen LogP contribution in [0.15, 0.2) is 71.3 Å². The number of furan rings is 1. The first-order chi connectivity index (χ1) is 11.8. The second-order valence-corrected chi connectivity index (χ2v) is 5.44. The highest BCUT2D eigenvalue weighted by Gasteiger charge is 2.09. The fourth-order valence-corrected chi connectivity index (χ4v) is 2.53. The molecule has 3 aromatic rings. The number of carbonyl (C=O) groups excluding carboxylic acids is 1. The number of nitrogens with one attached hydrogen (secondary N) is 1. The van der Waals surface area contributed by atoms with Crippen LogP contribution in [0.5, 0.6) is 5.75 Å². The highest BCUT2D eigenvalue weighted by Crippen LogP contribution is 2.23. The summed E-state index contributed by atoms with van der Waals surface area (Å²) in [6.45, 7) is 0.464. The first kappa shape index (κ1) is 15.9. The Kier molecular flexibility index (Phi) is 4.96. The molecular weight excluding hydrogens is 302 g/mol. The van der Waals surface area contributed by atoms with Crippen LogP contribution in [0.2, 0.25) is 0 Å². The SMILES string of the molecule is COc1ccc(CC(=O)NCc2ccccc2-c2ccco2)cc1. The molecule has 24 heavy (non-hydrogen) atoms. The zero-order valence-corrected chi connectivity index (χ0v) is 13.5. The molecule has 0 radical (unpaired) electrons. The molecule has 0 spiro atoms. The van der Waals surface area contributed by atoms with E-state index in [9.17, 15) is 4.79 Å². The fraction of sp³-hybridized carbons (Fsp3) is 0.150. The number of hydrogen-bond donors (Lipinski definition) is 1.